The minimum atomic E-state index is -0.225. The molecule has 1 amide bonds. The predicted molar refractivity (Wildman–Crippen MR) is 99.0 cm³/mol. The molecule has 0 bridgehead atoms. The normalized spacial score (nSPS) is 17.8. The quantitative estimate of drug-likeness (QED) is 0.703. The summed E-state index contributed by atoms with van der Waals surface area (Å²) in [5.74, 6) is -0.119. The summed E-state index contributed by atoms with van der Waals surface area (Å²) in [5.41, 5.74) is 1.32. The molecule has 132 valence electrons. The summed E-state index contributed by atoms with van der Waals surface area (Å²) in [6, 6.07) is 12.2. The van der Waals surface area contributed by atoms with Crippen molar-refractivity contribution in [3.63, 3.8) is 0 Å². The van der Waals surface area contributed by atoms with E-state index in [9.17, 15) is 9.59 Å². The van der Waals surface area contributed by atoms with Gasteiger partial charge in [0.1, 0.15) is 5.58 Å². The molecule has 0 unspecified atom stereocenters. The molecule has 0 aliphatic carbocycles. The molecule has 1 atom stereocenters. The molecule has 1 aliphatic rings. The Labute approximate surface area is 151 Å². The number of likely N-dealkylation sites (tertiary alicyclic amines) is 1. The third kappa shape index (κ3) is 3.12. The molecule has 0 radical (unpaired) electrons. The first kappa shape index (κ1) is 16.5. The molecule has 5 nitrogen and oxygen atoms in total. The van der Waals surface area contributed by atoms with Gasteiger partial charge in [-0.05, 0) is 42.7 Å². The molecule has 2 aromatic heterocycles. The third-order valence-electron chi connectivity index (χ3n) is 4.95. The Bertz CT molecular complexity index is 981. The number of aromatic nitrogens is 1. The zero-order chi connectivity index (χ0) is 17.9. The van der Waals surface area contributed by atoms with E-state index in [0.29, 0.717) is 17.5 Å². The van der Waals surface area contributed by atoms with Crippen LogP contribution in [-0.2, 0) is 0 Å². The number of nitrogens with zero attached hydrogens (tertiary/aromatic N) is 2. The van der Waals surface area contributed by atoms with Crippen LogP contribution in [0.3, 0.4) is 0 Å². The van der Waals surface area contributed by atoms with E-state index >= 15 is 0 Å². The summed E-state index contributed by atoms with van der Waals surface area (Å²) in [6.45, 7) is 0.655. The van der Waals surface area contributed by atoms with Crippen molar-refractivity contribution < 1.29 is 9.21 Å². The van der Waals surface area contributed by atoms with Gasteiger partial charge in [0.05, 0.1) is 11.4 Å². The average molecular weight is 348 g/mol. The number of rotatable bonds is 2. The van der Waals surface area contributed by atoms with Crippen molar-refractivity contribution in [1.82, 2.24) is 9.88 Å². The van der Waals surface area contributed by atoms with Crippen molar-refractivity contribution in [2.75, 3.05) is 6.54 Å². The van der Waals surface area contributed by atoms with Crippen LogP contribution in [0.5, 0.6) is 0 Å². The van der Waals surface area contributed by atoms with Crippen LogP contribution in [0.15, 0.2) is 64.1 Å². The summed E-state index contributed by atoms with van der Waals surface area (Å²) in [6.07, 6.45) is 7.50. The molecule has 0 spiro atoms. The summed E-state index contributed by atoms with van der Waals surface area (Å²) in [4.78, 5) is 31.5. The van der Waals surface area contributed by atoms with Gasteiger partial charge in [-0.1, -0.05) is 25.0 Å². The van der Waals surface area contributed by atoms with E-state index in [4.69, 9.17) is 4.42 Å². The Kier molecular flexibility index (Phi) is 4.52. The summed E-state index contributed by atoms with van der Waals surface area (Å²) in [5, 5.41) is 0.491. The SMILES string of the molecule is O=C(c1cc(=O)c2ccccc2o1)N1CCCCC[C@H]1c1ccncc1. The number of para-hydroxylation sites is 1. The number of hydrogen-bond donors (Lipinski definition) is 0. The van der Waals surface area contributed by atoms with Crippen molar-refractivity contribution in [1.29, 1.82) is 0 Å². The maximum Gasteiger partial charge on any atom is 0.290 e. The molecule has 5 heteroatoms. The van der Waals surface area contributed by atoms with E-state index < -0.39 is 0 Å². The van der Waals surface area contributed by atoms with Crippen LogP contribution < -0.4 is 5.43 Å². The predicted octanol–water partition coefficient (Wildman–Crippen LogP) is 3.95. The zero-order valence-electron chi connectivity index (χ0n) is 14.4. The Hall–Kier alpha value is -2.95. The van der Waals surface area contributed by atoms with Gasteiger partial charge in [-0.2, -0.15) is 0 Å². The number of benzene rings is 1. The zero-order valence-corrected chi connectivity index (χ0v) is 14.4. The highest BCUT2D eigenvalue weighted by atomic mass is 16.3. The molecule has 1 aliphatic heterocycles. The number of carbonyl (C=O) groups is 1. The first-order chi connectivity index (χ1) is 12.7. The Morgan fingerprint density at radius 2 is 1.88 bits per heavy atom. The number of amides is 1. The molecule has 1 fully saturated rings. The maximum absolute atomic E-state index is 13.2. The number of fused-ring (bicyclic) bond motifs is 1. The van der Waals surface area contributed by atoms with Gasteiger partial charge in [0.15, 0.2) is 11.2 Å². The molecule has 3 aromatic rings. The molecule has 1 saturated heterocycles. The highest BCUT2D eigenvalue weighted by Gasteiger charge is 2.29. The molecule has 1 aromatic carbocycles. The van der Waals surface area contributed by atoms with Crippen LogP contribution in [0.4, 0.5) is 0 Å². The van der Waals surface area contributed by atoms with Crippen LogP contribution in [0, 0.1) is 0 Å². The first-order valence-electron chi connectivity index (χ1n) is 8.98. The lowest BCUT2D eigenvalue weighted by molar-refractivity contribution is 0.0648. The van der Waals surface area contributed by atoms with Crippen LogP contribution in [-0.4, -0.2) is 22.3 Å². The lowest BCUT2D eigenvalue weighted by atomic mass is 10.0. The van der Waals surface area contributed by atoms with Gasteiger partial charge in [0.2, 0.25) is 0 Å². The molecular weight excluding hydrogens is 328 g/mol. The van der Waals surface area contributed by atoms with E-state index in [0.717, 1.165) is 31.2 Å². The largest absolute Gasteiger partial charge is 0.451 e. The second kappa shape index (κ2) is 7.12. The lowest BCUT2D eigenvalue weighted by Gasteiger charge is -2.30. The number of carbonyl (C=O) groups excluding carboxylic acids is 1. The van der Waals surface area contributed by atoms with Crippen molar-refractivity contribution in [2.24, 2.45) is 0 Å². The van der Waals surface area contributed by atoms with Gasteiger partial charge < -0.3 is 9.32 Å². The van der Waals surface area contributed by atoms with Crippen molar-refractivity contribution in [2.45, 2.75) is 31.7 Å². The smallest absolute Gasteiger partial charge is 0.290 e. The van der Waals surface area contributed by atoms with Gasteiger partial charge in [-0.3, -0.25) is 14.6 Å². The fourth-order valence-corrected chi connectivity index (χ4v) is 3.63. The molecular formula is C21H20N2O3. The summed E-state index contributed by atoms with van der Waals surface area (Å²) >= 11 is 0. The van der Waals surface area contributed by atoms with E-state index in [1.54, 1.807) is 36.7 Å². The third-order valence-corrected chi connectivity index (χ3v) is 4.95. The van der Waals surface area contributed by atoms with E-state index in [2.05, 4.69) is 4.98 Å². The van der Waals surface area contributed by atoms with Crippen molar-refractivity contribution in [3.05, 3.63) is 76.4 Å². The summed E-state index contributed by atoms with van der Waals surface area (Å²) < 4.78 is 5.78. The Morgan fingerprint density at radius 3 is 2.73 bits per heavy atom. The van der Waals surface area contributed by atoms with Crippen molar-refractivity contribution in [3.8, 4) is 0 Å². The average Bonchev–Trinajstić information content (AvgIpc) is 2.94. The van der Waals surface area contributed by atoms with Crippen molar-refractivity contribution >= 4 is 16.9 Å². The molecule has 0 N–H and O–H groups in total. The van der Waals surface area contributed by atoms with Gasteiger partial charge in [-0.25, -0.2) is 0 Å². The molecule has 4 rings (SSSR count). The lowest BCUT2D eigenvalue weighted by Crippen LogP contribution is -2.35. The minimum Gasteiger partial charge on any atom is -0.451 e. The second-order valence-corrected chi connectivity index (χ2v) is 6.62. The Balaban J connectivity index is 1.74. The monoisotopic (exact) mass is 348 g/mol. The fraction of sp³-hybridized carbons (Fsp3) is 0.286. The second-order valence-electron chi connectivity index (χ2n) is 6.62. The molecule has 3 heterocycles. The van der Waals surface area contributed by atoms with Crippen LogP contribution in [0.25, 0.3) is 11.0 Å². The Morgan fingerprint density at radius 1 is 1.08 bits per heavy atom. The fourth-order valence-electron chi connectivity index (χ4n) is 3.63. The van der Waals surface area contributed by atoms with E-state index in [1.807, 2.05) is 17.0 Å². The van der Waals surface area contributed by atoms with E-state index in [1.165, 1.54) is 6.07 Å². The van der Waals surface area contributed by atoms with Gasteiger partial charge >= 0.3 is 0 Å². The van der Waals surface area contributed by atoms with Crippen LogP contribution in [0.2, 0.25) is 0 Å². The number of pyridine rings is 1. The van der Waals surface area contributed by atoms with Gasteiger partial charge in [0, 0.05) is 25.0 Å². The van der Waals surface area contributed by atoms with Crippen LogP contribution >= 0.6 is 0 Å². The molecule has 26 heavy (non-hydrogen) atoms. The molecule has 0 saturated carbocycles. The van der Waals surface area contributed by atoms with Gasteiger partial charge in [0.25, 0.3) is 5.91 Å². The number of hydrogen-bond acceptors (Lipinski definition) is 4. The van der Waals surface area contributed by atoms with Crippen LogP contribution in [0.1, 0.15) is 47.8 Å². The van der Waals surface area contributed by atoms with E-state index in [-0.39, 0.29) is 23.1 Å². The maximum atomic E-state index is 13.2. The minimum absolute atomic E-state index is 0.0234. The highest BCUT2D eigenvalue weighted by molar-refractivity contribution is 5.93. The summed E-state index contributed by atoms with van der Waals surface area (Å²) in [7, 11) is 0. The standard InChI is InChI=1S/C21H20N2O3/c24-18-14-20(26-19-8-4-3-6-16(18)19)21(25)23-13-5-1-2-7-17(23)15-9-11-22-12-10-15/h3-4,6,8-12,14,17H,1-2,5,7,13H2/t17-/m0/s1. The topological polar surface area (TPSA) is 63.4 Å². The first-order valence-corrected chi connectivity index (χ1v) is 8.98. The van der Waals surface area contributed by atoms with Gasteiger partial charge in [-0.15, -0.1) is 0 Å². The highest BCUT2D eigenvalue weighted by Crippen LogP contribution is 2.31.